The molecule has 0 atom stereocenters. The average Bonchev–Trinajstić information content (AvgIpc) is 2.83. The van der Waals surface area contributed by atoms with E-state index in [2.05, 4.69) is 22.8 Å². The normalized spacial score (nSPS) is 13.9. The van der Waals surface area contributed by atoms with Crippen LogP contribution in [-0.4, -0.2) is 75.9 Å². The van der Waals surface area contributed by atoms with Crippen molar-refractivity contribution in [1.82, 2.24) is 9.80 Å². The van der Waals surface area contributed by atoms with Crippen molar-refractivity contribution in [3.8, 4) is 17.2 Å². The highest BCUT2D eigenvalue weighted by atomic mass is 35.5. The number of carbonyl (C=O) groups is 1. The van der Waals surface area contributed by atoms with Gasteiger partial charge in [0.05, 0.1) is 27.4 Å². The maximum atomic E-state index is 11.6. The van der Waals surface area contributed by atoms with Crippen LogP contribution in [0.4, 0.5) is 0 Å². The average molecular weight is 538 g/mol. The second-order valence-electron chi connectivity index (χ2n) is 8.58. The van der Waals surface area contributed by atoms with Crippen LogP contribution in [0.15, 0.2) is 12.1 Å². The van der Waals surface area contributed by atoms with Crippen LogP contribution < -0.4 is 14.2 Å². The van der Waals surface area contributed by atoms with E-state index in [1.54, 1.807) is 14.2 Å². The summed E-state index contributed by atoms with van der Waals surface area (Å²) in [6, 6.07) is 3.99. The summed E-state index contributed by atoms with van der Waals surface area (Å²) in [4.78, 5) is 16.7. The third-order valence-electron chi connectivity index (χ3n) is 6.10. The summed E-state index contributed by atoms with van der Waals surface area (Å²) in [6.45, 7) is 11.2. The molecule has 7 nitrogen and oxygen atoms in total. The standard InChI is InChI=1S/C26H44N2O5.2ClH/c1-5-7-8-9-10-15-27-16-18-28(19-17-27)21-22-13-14-23(30-3)26(31-4)25(22)33-20-11-12-24(29)32-6-2;;/h13-14H,5-12,15-21H2,1-4H3;2*1H. The van der Waals surface area contributed by atoms with Gasteiger partial charge < -0.3 is 23.8 Å². The molecule has 1 aliphatic heterocycles. The van der Waals surface area contributed by atoms with Crippen LogP contribution in [0.1, 0.15) is 64.4 Å². The van der Waals surface area contributed by atoms with Crippen LogP contribution in [0.25, 0.3) is 0 Å². The predicted octanol–water partition coefficient (Wildman–Crippen LogP) is 5.36. The van der Waals surface area contributed by atoms with Gasteiger partial charge in [0.15, 0.2) is 11.5 Å². The molecule has 35 heavy (non-hydrogen) atoms. The fraction of sp³-hybridized carbons (Fsp3) is 0.731. The molecule has 1 aromatic rings. The number of hydrogen-bond donors (Lipinski definition) is 0. The Hall–Kier alpha value is -1.41. The monoisotopic (exact) mass is 536 g/mol. The number of methoxy groups -OCH3 is 2. The largest absolute Gasteiger partial charge is 0.493 e. The number of ether oxygens (including phenoxy) is 4. The maximum Gasteiger partial charge on any atom is 0.305 e. The van der Waals surface area contributed by atoms with Gasteiger partial charge in [-0.05, 0) is 32.4 Å². The van der Waals surface area contributed by atoms with E-state index in [0.29, 0.717) is 43.3 Å². The lowest BCUT2D eigenvalue weighted by Crippen LogP contribution is -2.46. The lowest BCUT2D eigenvalue weighted by Gasteiger charge is -2.35. The lowest BCUT2D eigenvalue weighted by atomic mass is 10.1. The van der Waals surface area contributed by atoms with E-state index in [1.807, 2.05) is 13.0 Å². The minimum atomic E-state index is -0.192. The number of esters is 1. The minimum absolute atomic E-state index is 0. The first-order chi connectivity index (χ1) is 16.1. The van der Waals surface area contributed by atoms with E-state index >= 15 is 0 Å². The highest BCUT2D eigenvalue weighted by Gasteiger charge is 2.21. The predicted molar refractivity (Wildman–Crippen MR) is 146 cm³/mol. The molecule has 0 aromatic heterocycles. The summed E-state index contributed by atoms with van der Waals surface area (Å²) in [5, 5.41) is 0. The molecule has 1 aromatic carbocycles. The molecule has 0 radical (unpaired) electrons. The van der Waals surface area contributed by atoms with E-state index in [-0.39, 0.29) is 30.8 Å². The molecule has 0 unspecified atom stereocenters. The lowest BCUT2D eigenvalue weighted by molar-refractivity contribution is -0.143. The molecule has 204 valence electrons. The molecule has 1 fully saturated rings. The van der Waals surface area contributed by atoms with E-state index < -0.39 is 0 Å². The van der Waals surface area contributed by atoms with Gasteiger partial charge in [0, 0.05) is 44.7 Å². The van der Waals surface area contributed by atoms with Crippen molar-refractivity contribution in [3.05, 3.63) is 17.7 Å². The van der Waals surface area contributed by atoms with Gasteiger partial charge >= 0.3 is 5.97 Å². The zero-order valence-corrected chi connectivity index (χ0v) is 23.6. The maximum absolute atomic E-state index is 11.6. The Morgan fingerprint density at radius 3 is 2.17 bits per heavy atom. The first-order valence-corrected chi connectivity index (χ1v) is 12.6. The Morgan fingerprint density at radius 1 is 0.857 bits per heavy atom. The van der Waals surface area contributed by atoms with Gasteiger partial charge in [-0.25, -0.2) is 0 Å². The number of piperazine rings is 1. The molecule has 0 N–H and O–H groups in total. The van der Waals surface area contributed by atoms with Crippen LogP contribution >= 0.6 is 24.8 Å². The highest BCUT2D eigenvalue weighted by Crippen LogP contribution is 2.40. The molecular formula is C26H46Cl2N2O5. The molecule has 0 bridgehead atoms. The molecule has 0 saturated carbocycles. The van der Waals surface area contributed by atoms with Crippen molar-refractivity contribution >= 4 is 30.8 Å². The first-order valence-electron chi connectivity index (χ1n) is 12.6. The molecule has 1 saturated heterocycles. The Labute approximate surface area is 224 Å². The molecule has 1 heterocycles. The second-order valence-corrected chi connectivity index (χ2v) is 8.58. The molecule has 0 spiro atoms. The summed E-state index contributed by atoms with van der Waals surface area (Å²) >= 11 is 0. The molecule has 9 heteroatoms. The Bertz CT molecular complexity index is 701. The number of benzene rings is 1. The summed E-state index contributed by atoms with van der Waals surface area (Å²) in [5.74, 6) is 1.77. The summed E-state index contributed by atoms with van der Waals surface area (Å²) < 4.78 is 22.2. The molecule has 1 aliphatic rings. The summed E-state index contributed by atoms with van der Waals surface area (Å²) in [7, 11) is 3.26. The topological polar surface area (TPSA) is 60.5 Å². The quantitative estimate of drug-likeness (QED) is 0.208. The number of nitrogens with zero attached hydrogens (tertiary/aromatic N) is 2. The smallest absolute Gasteiger partial charge is 0.305 e. The van der Waals surface area contributed by atoms with Crippen molar-refractivity contribution in [2.45, 2.75) is 65.3 Å². The molecule has 2 rings (SSSR count). The number of halogens is 2. The molecule has 0 amide bonds. The fourth-order valence-electron chi connectivity index (χ4n) is 4.20. The van der Waals surface area contributed by atoms with Crippen LogP contribution in [0.2, 0.25) is 0 Å². The van der Waals surface area contributed by atoms with E-state index in [1.165, 1.54) is 38.6 Å². The van der Waals surface area contributed by atoms with Crippen molar-refractivity contribution in [1.29, 1.82) is 0 Å². The SMILES string of the molecule is CCCCCCCN1CCN(Cc2ccc(OC)c(OC)c2OCCCC(=O)OCC)CC1.Cl.Cl. The van der Waals surface area contributed by atoms with Gasteiger partial charge in [-0.15, -0.1) is 24.8 Å². The van der Waals surface area contributed by atoms with Gasteiger partial charge in [0.25, 0.3) is 0 Å². The Morgan fingerprint density at radius 2 is 1.54 bits per heavy atom. The number of unbranched alkanes of at least 4 members (excludes halogenated alkanes) is 4. The van der Waals surface area contributed by atoms with Gasteiger partial charge in [-0.3, -0.25) is 9.69 Å². The van der Waals surface area contributed by atoms with Crippen molar-refractivity contribution in [2.75, 3.05) is 60.2 Å². The van der Waals surface area contributed by atoms with Crippen LogP contribution in [0.5, 0.6) is 17.2 Å². The Kier molecular flexibility index (Phi) is 18.9. The van der Waals surface area contributed by atoms with Gasteiger partial charge in [-0.1, -0.05) is 38.7 Å². The van der Waals surface area contributed by atoms with Gasteiger partial charge in [-0.2, -0.15) is 0 Å². The number of hydrogen-bond acceptors (Lipinski definition) is 7. The number of rotatable bonds is 16. The van der Waals surface area contributed by atoms with Crippen LogP contribution in [0.3, 0.4) is 0 Å². The van der Waals surface area contributed by atoms with Crippen LogP contribution in [0, 0.1) is 0 Å². The zero-order chi connectivity index (χ0) is 23.9. The molecule has 0 aliphatic carbocycles. The Balaban J connectivity index is 0.00000578. The fourth-order valence-corrected chi connectivity index (χ4v) is 4.20. The van der Waals surface area contributed by atoms with Crippen LogP contribution in [-0.2, 0) is 16.1 Å². The van der Waals surface area contributed by atoms with Gasteiger partial charge in [0.1, 0.15) is 0 Å². The zero-order valence-electron chi connectivity index (χ0n) is 22.0. The minimum Gasteiger partial charge on any atom is -0.493 e. The third-order valence-corrected chi connectivity index (χ3v) is 6.10. The van der Waals surface area contributed by atoms with Crippen molar-refractivity contribution in [2.24, 2.45) is 0 Å². The second kappa shape index (κ2) is 19.7. The first kappa shape index (κ1) is 33.6. The van der Waals surface area contributed by atoms with E-state index in [9.17, 15) is 4.79 Å². The highest BCUT2D eigenvalue weighted by molar-refractivity contribution is 5.85. The number of carbonyl (C=O) groups excluding carboxylic acids is 1. The summed E-state index contributed by atoms with van der Waals surface area (Å²) in [5.41, 5.74) is 1.08. The summed E-state index contributed by atoms with van der Waals surface area (Å²) in [6.07, 6.45) is 7.60. The van der Waals surface area contributed by atoms with Crippen molar-refractivity contribution < 1.29 is 23.7 Å². The van der Waals surface area contributed by atoms with E-state index in [4.69, 9.17) is 18.9 Å². The van der Waals surface area contributed by atoms with Gasteiger partial charge in [0.2, 0.25) is 5.75 Å². The third kappa shape index (κ3) is 11.9. The molecular weight excluding hydrogens is 491 g/mol. The van der Waals surface area contributed by atoms with E-state index in [0.717, 1.165) is 38.3 Å². The van der Waals surface area contributed by atoms with Crippen molar-refractivity contribution in [3.63, 3.8) is 0 Å².